The van der Waals surface area contributed by atoms with Crippen molar-refractivity contribution in [1.29, 1.82) is 0 Å². The summed E-state index contributed by atoms with van der Waals surface area (Å²) in [5.74, 6) is -3.54. The van der Waals surface area contributed by atoms with Gasteiger partial charge in [-0.3, -0.25) is 19.3 Å². The second-order valence-corrected chi connectivity index (χ2v) is 7.37. The minimum absolute atomic E-state index is 0.249. The van der Waals surface area contributed by atoms with E-state index >= 15 is 0 Å². The number of hydrogen-bond acceptors (Lipinski definition) is 5. The van der Waals surface area contributed by atoms with Crippen LogP contribution in [0.25, 0.3) is 0 Å². The summed E-state index contributed by atoms with van der Waals surface area (Å²) in [5, 5.41) is 0. The van der Waals surface area contributed by atoms with Crippen LogP contribution in [-0.2, 0) is 14.3 Å². The van der Waals surface area contributed by atoms with Crippen molar-refractivity contribution < 1.29 is 23.9 Å². The Morgan fingerprint density at radius 1 is 0.812 bits per heavy atom. The molecule has 1 heterocycles. The minimum Gasteiger partial charge on any atom is -0.462 e. The number of carbonyl (C=O) groups excluding carboxylic acids is 4. The average molecular weight is 427 g/mol. The van der Waals surface area contributed by atoms with Crippen molar-refractivity contribution in [2.24, 2.45) is 5.92 Å². The molecule has 4 rings (SSSR count). The molecule has 6 nitrogen and oxygen atoms in total. The quantitative estimate of drug-likeness (QED) is 0.257. The molecule has 0 spiro atoms. The zero-order chi connectivity index (χ0) is 22.7. The third-order valence-corrected chi connectivity index (χ3v) is 5.44. The first-order chi connectivity index (χ1) is 15.5. The third-order valence-electron chi connectivity index (χ3n) is 5.44. The van der Waals surface area contributed by atoms with Crippen molar-refractivity contribution in [2.45, 2.75) is 13.0 Å². The minimum atomic E-state index is -1.17. The predicted molar refractivity (Wildman–Crippen MR) is 118 cm³/mol. The topological polar surface area (TPSA) is 80.8 Å². The van der Waals surface area contributed by atoms with E-state index in [2.05, 4.69) is 0 Å². The van der Waals surface area contributed by atoms with Gasteiger partial charge in [-0.15, -0.1) is 0 Å². The lowest BCUT2D eigenvalue weighted by molar-refractivity contribution is -0.135. The van der Waals surface area contributed by atoms with Crippen LogP contribution in [0.3, 0.4) is 0 Å². The van der Waals surface area contributed by atoms with Gasteiger partial charge in [0.05, 0.1) is 18.2 Å². The van der Waals surface area contributed by atoms with Crippen LogP contribution in [0, 0.1) is 5.92 Å². The number of carbonyl (C=O) groups is 4. The summed E-state index contributed by atoms with van der Waals surface area (Å²) in [6, 6.07) is 23.0. The maximum atomic E-state index is 13.3. The number of Topliss-reactive ketones (excluding diaryl/α,β-unsaturated/α-hetero) is 2. The van der Waals surface area contributed by atoms with E-state index in [1.54, 1.807) is 85.8 Å². The van der Waals surface area contributed by atoms with E-state index in [4.69, 9.17) is 4.74 Å². The van der Waals surface area contributed by atoms with E-state index in [9.17, 15) is 19.2 Å². The van der Waals surface area contributed by atoms with Crippen LogP contribution < -0.4 is 4.90 Å². The van der Waals surface area contributed by atoms with Crippen LogP contribution in [0.4, 0.5) is 5.69 Å². The molecule has 0 bridgehead atoms. The van der Waals surface area contributed by atoms with E-state index in [1.807, 2.05) is 6.07 Å². The Balaban J connectivity index is 1.77. The van der Waals surface area contributed by atoms with Crippen molar-refractivity contribution in [3.8, 4) is 0 Å². The molecule has 6 heteroatoms. The SMILES string of the molecule is CCOC(=O)c1ccc(N2C(=O)C(=O)C(C(=O)c3ccccc3)C2c2ccccc2)cc1. The maximum absolute atomic E-state index is 13.3. The molecular formula is C26H21NO5. The van der Waals surface area contributed by atoms with Crippen LogP contribution in [0.2, 0.25) is 0 Å². The third kappa shape index (κ3) is 3.83. The Bertz CT molecular complexity index is 1160. The van der Waals surface area contributed by atoms with E-state index in [0.29, 0.717) is 22.4 Å². The molecule has 1 fully saturated rings. The molecule has 3 aromatic rings. The highest BCUT2D eigenvalue weighted by Crippen LogP contribution is 2.41. The molecule has 1 aliphatic heterocycles. The van der Waals surface area contributed by atoms with Gasteiger partial charge in [-0.25, -0.2) is 4.79 Å². The van der Waals surface area contributed by atoms with Gasteiger partial charge in [0.2, 0.25) is 5.78 Å². The molecule has 0 N–H and O–H groups in total. The van der Waals surface area contributed by atoms with Crippen molar-refractivity contribution in [2.75, 3.05) is 11.5 Å². The number of nitrogens with zero attached hydrogens (tertiary/aromatic N) is 1. The molecule has 0 aromatic heterocycles. The number of ether oxygens (including phenoxy) is 1. The summed E-state index contributed by atoms with van der Waals surface area (Å²) >= 11 is 0. The van der Waals surface area contributed by atoms with Gasteiger partial charge in [0.25, 0.3) is 5.91 Å². The second kappa shape index (κ2) is 8.98. The molecule has 160 valence electrons. The van der Waals surface area contributed by atoms with Crippen molar-refractivity contribution in [1.82, 2.24) is 0 Å². The summed E-state index contributed by atoms with van der Waals surface area (Å²) in [4.78, 5) is 52.8. The highest BCUT2D eigenvalue weighted by atomic mass is 16.5. The molecule has 1 aliphatic rings. The summed E-state index contributed by atoms with van der Waals surface area (Å²) in [7, 11) is 0. The van der Waals surface area contributed by atoms with Crippen molar-refractivity contribution >= 4 is 29.1 Å². The number of hydrogen-bond donors (Lipinski definition) is 0. The smallest absolute Gasteiger partial charge is 0.338 e. The standard InChI is InChI=1S/C26H21NO5/c1-2-32-26(31)19-13-15-20(16-14-19)27-22(17-9-5-3-6-10-17)21(24(29)25(27)30)23(28)18-11-7-4-8-12-18/h3-16,21-22H,2H2,1H3. The van der Waals surface area contributed by atoms with Crippen molar-refractivity contribution in [3.63, 3.8) is 0 Å². The van der Waals surface area contributed by atoms with E-state index in [-0.39, 0.29) is 6.61 Å². The molecule has 32 heavy (non-hydrogen) atoms. The largest absolute Gasteiger partial charge is 0.462 e. The first-order valence-electron chi connectivity index (χ1n) is 10.3. The van der Waals surface area contributed by atoms with Crippen molar-refractivity contribution in [3.05, 3.63) is 102 Å². The Hall–Kier alpha value is -4.06. The number of anilines is 1. The lowest BCUT2D eigenvalue weighted by Gasteiger charge is -2.27. The fourth-order valence-corrected chi connectivity index (χ4v) is 3.96. The van der Waals surface area contributed by atoms with Gasteiger partial charge in [0.15, 0.2) is 5.78 Å². The fraction of sp³-hybridized carbons (Fsp3) is 0.154. The predicted octanol–water partition coefficient (Wildman–Crippen LogP) is 4.02. The Morgan fingerprint density at radius 3 is 2.00 bits per heavy atom. The monoisotopic (exact) mass is 427 g/mol. The number of rotatable bonds is 6. The maximum Gasteiger partial charge on any atom is 0.338 e. The van der Waals surface area contributed by atoms with Crippen LogP contribution in [0.15, 0.2) is 84.9 Å². The number of ketones is 2. The summed E-state index contributed by atoms with van der Waals surface area (Å²) in [6.07, 6.45) is 0. The van der Waals surface area contributed by atoms with Crippen LogP contribution in [-0.4, -0.2) is 30.0 Å². The molecule has 2 atom stereocenters. The highest BCUT2D eigenvalue weighted by Gasteiger charge is 2.52. The number of amides is 1. The Labute approximate surface area is 185 Å². The van der Waals surface area contributed by atoms with Crippen LogP contribution >= 0.6 is 0 Å². The van der Waals surface area contributed by atoms with Gasteiger partial charge in [0.1, 0.15) is 5.92 Å². The fourth-order valence-electron chi connectivity index (χ4n) is 3.96. The molecule has 0 saturated carbocycles. The van der Waals surface area contributed by atoms with Gasteiger partial charge in [-0.05, 0) is 36.8 Å². The van der Waals surface area contributed by atoms with E-state index < -0.39 is 35.4 Å². The van der Waals surface area contributed by atoms with Gasteiger partial charge in [-0.2, -0.15) is 0 Å². The molecule has 0 aliphatic carbocycles. The Morgan fingerprint density at radius 2 is 1.41 bits per heavy atom. The summed E-state index contributed by atoms with van der Waals surface area (Å²) in [5.41, 5.74) is 1.81. The Kier molecular flexibility index (Phi) is 5.94. The zero-order valence-electron chi connectivity index (χ0n) is 17.4. The molecule has 1 saturated heterocycles. The first-order valence-corrected chi connectivity index (χ1v) is 10.3. The van der Waals surface area contributed by atoms with E-state index in [1.165, 1.54) is 4.90 Å². The first kappa shape index (κ1) is 21.2. The lowest BCUT2D eigenvalue weighted by Crippen LogP contribution is -2.30. The van der Waals surface area contributed by atoms with Crippen LogP contribution in [0.1, 0.15) is 39.2 Å². The molecule has 2 unspecified atom stereocenters. The molecule has 0 radical (unpaired) electrons. The lowest BCUT2D eigenvalue weighted by atomic mass is 9.86. The van der Waals surface area contributed by atoms with Gasteiger partial charge >= 0.3 is 5.97 Å². The molecule has 3 aromatic carbocycles. The zero-order valence-corrected chi connectivity index (χ0v) is 17.4. The van der Waals surface area contributed by atoms with E-state index in [0.717, 1.165) is 0 Å². The van der Waals surface area contributed by atoms with Gasteiger partial charge in [0, 0.05) is 11.3 Å². The van der Waals surface area contributed by atoms with Crippen LogP contribution in [0.5, 0.6) is 0 Å². The molecule has 1 amide bonds. The summed E-state index contributed by atoms with van der Waals surface area (Å²) < 4.78 is 5.00. The molecular weight excluding hydrogens is 406 g/mol. The summed E-state index contributed by atoms with van der Waals surface area (Å²) in [6.45, 7) is 1.97. The van der Waals surface area contributed by atoms with Gasteiger partial charge < -0.3 is 4.74 Å². The number of esters is 1. The number of benzene rings is 3. The highest BCUT2D eigenvalue weighted by molar-refractivity contribution is 6.49. The second-order valence-electron chi connectivity index (χ2n) is 7.37. The average Bonchev–Trinajstić information content (AvgIpc) is 3.10. The normalized spacial score (nSPS) is 18.0. The van der Waals surface area contributed by atoms with Gasteiger partial charge in [-0.1, -0.05) is 60.7 Å².